The largest absolute Gasteiger partial charge is 0.369 e. The van der Waals surface area contributed by atoms with Gasteiger partial charge in [0.05, 0.1) is 11.7 Å². The monoisotopic (exact) mass is 253 g/mol. The normalized spacial score (nSPS) is 40.8. The third kappa shape index (κ3) is 3.48. The van der Waals surface area contributed by atoms with E-state index in [2.05, 4.69) is 33.0 Å². The zero-order chi connectivity index (χ0) is 13.2. The molecule has 1 aliphatic heterocycles. The molecule has 1 N–H and O–H groups in total. The van der Waals surface area contributed by atoms with Gasteiger partial charge in [-0.2, -0.15) is 0 Å². The summed E-state index contributed by atoms with van der Waals surface area (Å²) in [6.07, 6.45) is 8.32. The lowest BCUT2D eigenvalue weighted by Crippen LogP contribution is -2.60. The van der Waals surface area contributed by atoms with Crippen molar-refractivity contribution in [2.45, 2.75) is 84.0 Å². The molecule has 0 aromatic rings. The molecule has 2 heteroatoms. The van der Waals surface area contributed by atoms with Gasteiger partial charge in [0.15, 0.2) is 0 Å². The molecule has 2 fully saturated rings. The van der Waals surface area contributed by atoms with E-state index < -0.39 is 0 Å². The van der Waals surface area contributed by atoms with Crippen LogP contribution < -0.4 is 5.32 Å². The average Bonchev–Trinajstić information content (AvgIpc) is 2.28. The minimum atomic E-state index is 0.0624. The molecule has 2 nitrogen and oxygen atoms in total. The molecule has 1 saturated heterocycles. The fraction of sp³-hybridized carbons (Fsp3) is 1.00. The Bertz CT molecular complexity index is 266. The van der Waals surface area contributed by atoms with E-state index in [4.69, 9.17) is 4.74 Å². The summed E-state index contributed by atoms with van der Waals surface area (Å²) in [5.41, 5.74) is 0.0624. The van der Waals surface area contributed by atoms with Crippen LogP contribution in [0, 0.1) is 11.8 Å². The van der Waals surface area contributed by atoms with Crippen molar-refractivity contribution in [2.24, 2.45) is 11.8 Å². The van der Waals surface area contributed by atoms with Crippen molar-refractivity contribution >= 4 is 0 Å². The van der Waals surface area contributed by atoms with Gasteiger partial charge in [0.1, 0.15) is 0 Å². The predicted octanol–water partition coefficient (Wildman–Crippen LogP) is 3.75. The number of nitrogens with one attached hydrogen (secondary N) is 1. The van der Waals surface area contributed by atoms with Gasteiger partial charge in [0.25, 0.3) is 0 Å². The van der Waals surface area contributed by atoms with Gasteiger partial charge in [-0.05, 0) is 44.4 Å². The predicted molar refractivity (Wildman–Crippen MR) is 76.8 cm³/mol. The summed E-state index contributed by atoms with van der Waals surface area (Å²) in [7, 11) is 0. The molecule has 2 aliphatic rings. The second-order valence-corrected chi connectivity index (χ2v) is 7.16. The highest BCUT2D eigenvalue weighted by Crippen LogP contribution is 2.36. The number of ether oxygens (including phenoxy) is 1. The molecular formula is C16H31NO. The summed E-state index contributed by atoms with van der Waals surface area (Å²) in [6, 6.07) is 0.621. The summed E-state index contributed by atoms with van der Waals surface area (Å²) in [4.78, 5) is 0. The quantitative estimate of drug-likeness (QED) is 0.824. The molecule has 4 unspecified atom stereocenters. The van der Waals surface area contributed by atoms with E-state index in [1.807, 2.05) is 0 Å². The summed E-state index contributed by atoms with van der Waals surface area (Å²) < 4.78 is 6.45. The van der Waals surface area contributed by atoms with Crippen molar-refractivity contribution < 1.29 is 4.74 Å². The van der Waals surface area contributed by atoms with Crippen LogP contribution in [0.2, 0.25) is 0 Å². The molecule has 1 saturated carbocycles. The first-order chi connectivity index (χ1) is 8.52. The molecule has 1 aliphatic carbocycles. The van der Waals surface area contributed by atoms with Gasteiger partial charge in [0, 0.05) is 12.6 Å². The van der Waals surface area contributed by atoms with Crippen LogP contribution in [0.15, 0.2) is 0 Å². The van der Waals surface area contributed by atoms with Gasteiger partial charge in [-0.15, -0.1) is 0 Å². The number of fused-ring (bicyclic) bond motifs is 1. The number of hydrogen-bond acceptors (Lipinski definition) is 2. The Balaban J connectivity index is 1.89. The highest BCUT2D eigenvalue weighted by molar-refractivity contribution is 4.95. The van der Waals surface area contributed by atoms with Crippen molar-refractivity contribution in [2.75, 3.05) is 6.54 Å². The third-order valence-electron chi connectivity index (χ3n) is 4.61. The Morgan fingerprint density at radius 2 is 2.11 bits per heavy atom. The molecule has 0 bridgehead atoms. The van der Waals surface area contributed by atoms with Gasteiger partial charge in [-0.3, -0.25) is 0 Å². The second kappa shape index (κ2) is 5.92. The molecule has 0 aromatic carbocycles. The maximum absolute atomic E-state index is 6.45. The molecule has 0 amide bonds. The number of morpholine rings is 1. The highest BCUT2D eigenvalue weighted by Gasteiger charge is 2.41. The van der Waals surface area contributed by atoms with Gasteiger partial charge < -0.3 is 10.1 Å². The van der Waals surface area contributed by atoms with Crippen molar-refractivity contribution in [1.29, 1.82) is 0 Å². The smallest absolute Gasteiger partial charge is 0.0785 e. The molecule has 0 aromatic heterocycles. The lowest BCUT2D eigenvalue weighted by molar-refractivity contribution is -0.148. The van der Waals surface area contributed by atoms with Crippen LogP contribution in [-0.2, 0) is 4.74 Å². The van der Waals surface area contributed by atoms with E-state index in [0.29, 0.717) is 18.1 Å². The minimum absolute atomic E-state index is 0.0624. The first kappa shape index (κ1) is 14.3. The Kier molecular flexibility index (Phi) is 4.71. The average molecular weight is 253 g/mol. The van der Waals surface area contributed by atoms with Crippen molar-refractivity contribution in [3.8, 4) is 0 Å². The molecule has 18 heavy (non-hydrogen) atoms. The first-order valence-electron chi connectivity index (χ1n) is 7.93. The molecular weight excluding hydrogens is 222 g/mol. The Hall–Kier alpha value is -0.0800. The van der Waals surface area contributed by atoms with Crippen molar-refractivity contribution in [1.82, 2.24) is 5.32 Å². The van der Waals surface area contributed by atoms with Crippen LogP contribution in [0.4, 0.5) is 0 Å². The third-order valence-corrected chi connectivity index (χ3v) is 4.61. The second-order valence-electron chi connectivity index (χ2n) is 7.16. The summed E-state index contributed by atoms with van der Waals surface area (Å²) in [6.45, 7) is 10.2. The number of rotatable bonds is 4. The van der Waals surface area contributed by atoms with Gasteiger partial charge >= 0.3 is 0 Å². The molecule has 2 rings (SSSR count). The van der Waals surface area contributed by atoms with Gasteiger partial charge in [0.2, 0.25) is 0 Å². The van der Waals surface area contributed by atoms with Crippen LogP contribution in [0.1, 0.15) is 66.2 Å². The Labute approximate surface area is 113 Å². The zero-order valence-electron chi connectivity index (χ0n) is 12.7. The van der Waals surface area contributed by atoms with Crippen LogP contribution in [0.3, 0.4) is 0 Å². The summed E-state index contributed by atoms with van der Waals surface area (Å²) in [5.74, 6) is 1.64. The van der Waals surface area contributed by atoms with Crippen molar-refractivity contribution in [3.05, 3.63) is 0 Å². The fourth-order valence-corrected chi connectivity index (χ4v) is 3.99. The van der Waals surface area contributed by atoms with E-state index in [9.17, 15) is 0 Å². The standard InChI is InChI=1S/C16H31NO/c1-5-6-13-7-8-15-14(9-13)17-11-16(4,18-15)10-12(2)3/h12-15,17H,5-11H2,1-4H3. The lowest BCUT2D eigenvalue weighted by atomic mass is 9.79. The Morgan fingerprint density at radius 3 is 2.78 bits per heavy atom. The molecule has 106 valence electrons. The summed E-state index contributed by atoms with van der Waals surface area (Å²) in [5, 5.41) is 3.78. The SMILES string of the molecule is CCCC1CCC2OC(C)(CC(C)C)CNC2C1. The molecule has 0 spiro atoms. The topological polar surface area (TPSA) is 21.3 Å². The maximum atomic E-state index is 6.45. The van der Waals surface area contributed by atoms with Crippen LogP contribution in [-0.4, -0.2) is 24.3 Å². The number of hydrogen-bond donors (Lipinski definition) is 1. The first-order valence-corrected chi connectivity index (χ1v) is 7.93. The van der Waals surface area contributed by atoms with Crippen LogP contribution in [0.25, 0.3) is 0 Å². The zero-order valence-corrected chi connectivity index (χ0v) is 12.7. The highest BCUT2D eigenvalue weighted by atomic mass is 16.5. The Morgan fingerprint density at radius 1 is 1.33 bits per heavy atom. The summed E-state index contributed by atoms with van der Waals surface area (Å²) >= 11 is 0. The van der Waals surface area contributed by atoms with Crippen LogP contribution in [0.5, 0.6) is 0 Å². The van der Waals surface area contributed by atoms with Gasteiger partial charge in [-0.25, -0.2) is 0 Å². The van der Waals surface area contributed by atoms with E-state index in [1.165, 1.54) is 38.5 Å². The van der Waals surface area contributed by atoms with E-state index >= 15 is 0 Å². The van der Waals surface area contributed by atoms with Crippen LogP contribution >= 0.6 is 0 Å². The van der Waals surface area contributed by atoms with Crippen molar-refractivity contribution in [3.63, 3.8) is 0 Å². The van der Waals surface area contributed by atoms with Gasteiger partial charge in [-0.1, -0.05) is 33.6 Å². The molecule has 1 heterocycles. The van der Waals surface area contributed by atoms with E-state index in [0.717, 1.165) is 12.5 Å². The van der Waals surface area contributed by atoms with E-state index in [-0.39, 0.29) is 5.60 Å². The minimum Gasteiger partial charge on any atom is -0.369 e. The lowest BCUT2D eigenvalue weighted by Gasteiger charge is -2.48. The van der Waals surface area contributed by atoms with E-state index in [1.54, 1.807) is 0 Å². The molecule has 4 atom stereocenters. The molecule has 0 radical (unpaired) electrons. The fourth-order valence-electron chi connectivity index (χ4n) is 3.99. The maximum Gasteiger partial charge on any atom is 0.0785 e.